The topological polar surface area (TPSA) is 29.5 Å². The molecular weight excluding hydrogens is 250 g/mol. The van der Waals surface area contributed by atoms with E-state index < -0.39 is 0 Å². The van der Waals surface area contributed by atoms with Crippen molar-refractivity contribution >= 4 is 11.7 Å². The Morgan fingerprint density at radius 2 is 2.10 bits per heavy atom. The maximum absolute atomic E-state index is 12.2. The zero-order chi connectivity index (χ0) is 14.9. The van der Waals surface area contributed by atoms with Gasteiger partial charge in [0.1, 0.15) is 6.04 Å². The summed E-state index contributed by atoms with van der Waals surface area (Å²) in [6.45, 7) is 8.73. The normalized spacial score (nSPS) is 22.1. The van der Waals surface area contributed by atoms with E-state index in [9.17, 15) is 4.79 Å². The molecular formula is C17H25NO2. The van der Waals surface area contributed by atoms with Crippen LogP contribution in [0.3, 0.4) is 0 Å². The molecule has 1 aromatic rings. The van der Waals surface area contributed by atoms with Gasteiger partial charge in [0.05, 0.1) is 7.11 Å². The standard InChI is InChI=1S/C17H25NO2/c1-6-14(16(19)20-5)18-15-10-8-7-9-13(15)12(2)11-17(18,3)4/h7-10,12,14H,6,11H2,1-5H3/t12-,14+/m1/s1. The molecule has 0 aliphatic carbocycles. The first-order valence-corrected chi connectivity index (χ1v) is 7.38. The van der Waals surface area contributed by atoms with Crippen LogP contribution in [-0.2, 0) is 9.53 Å². The van der Waals surface area contributed by atoms with Crippen molar-refractivity contribution in [2.75, 3.05) is 12.0 Å². The molecule has 1 aliphatic heterocycles. The number of hydrogen-bond donors (Lipinski definition) is 0. The Balaban J connectivity index is 2.53. The maximum Gasteiger partial charge on any atom is 0.328 e. The number of para-hydroxylation sites is 1. The number of carbonyl (C=O) groups excluding carboxylic acids is 1. The molecule has 0 radical (unpaired) electrons. The first kappa shape index (κ1) is 14.9. The molecule has 20 heavy (non-hydrogen) atoms. The lowest BCUT2D eigenvalue weighted by Crippen LogP contribution is -2.56. The highest BCUT2D eigenvalue weighted by Gasteiger charge is 2.41. The van der Waals surface area contributed by atoms with Crippen molar-refractivity contribution in [3.05, 3.63) is 29.8 Å². The second-order valence-corrected chi connectivity index (χ2v) is 6.29. The number of methoxy groups -OCH3 is 1. The second-order valence-electron chi connectivity index (χ2n) is 6.29. The molecule has 0 unspecified atom stereocenters. The van der Waals surface area contributed by atoms with Gasteiger partial charge in [0, 0.05) is 11.2 Å². The fourth-order valence-corrected chi connectivity index (χ4v) is 3.59. The average Bonchev–Trinajstić information content (AvgIpc) is 2.42. The summed E-state index contributed by atoms with van der Waals surface area (Å²) >= 11 is 0. The molecule has 0 fully saturated rings. The monoisotopic (exact) mass is 275 g/mol. The van der Waals surface area contributed by atoms with Gasteiger partial charge in [-0.15, -0.1) is 0 Å². The fraction of sp³-hybridized carbons (Fsp3) is 0.588. The molecule has 1 aliphatic rings. The van der Waals surface area contributed by atoms with Crippen LogP contribution in [0, 0.1) is 0 Å². The number of benzene rings is 1. The number of esters is 1. The largest absolute Gasteiger partial charge is 0.467 e. The second kappa shape index (κ2) is 5.47. The Labute approximate surface area is 121 Å². The third-order valence-corrected chi connectivity index (χ3v) is 4.36. The van der Waals surface area contributed by atoms with Gasteiger partial charge >= 0.3 is 5.97 Å². The molecule has 0 bridgehead atoms. The van der Waals surface area contributed by atoms with E-state index in [1.165, 1.54) is 18.4 Å². The van der Waals surface area contributed by atoms with Crippen LogP contribution in [0.15, 0.2) is 24.3 Å². The first-order chi connectivity index (χ1) is 9.42. The summed E-state index contributed by atoms with van der Waals surface area (Å²) in [5.41, 5.74) is 2.45. The van der Waals surface area contributed by atoms with E-state index in [1.54, 1.807) is 0 Å². The quantitative estimate of drug-likeness (QED) is 0.787. The fourth-order valence-electron chi connectivity index (χ4n) is 3.59. The summed E-state index contributed by atoms with van der Waals surface area (Å²) in [4.78, 5) is 14.4. The third-order valence-electron chi connectivity index (χ3n) is 4.36. The van der Waals surface area contributed by atoms with Gasteiger partial charge in [-0.2, -0.15) is 0 Å². The predicted octanol–water partition coefficient (Wildman–Crippen LogP) is 3.73. The number of carbonyl (C=O) groups is 1. The van der Waals surface area contributed by atoms with E-state index in [0.29, 0.717) is 5.92 Å². The molecule has 0 amide bonds. The highest BCUT2D eigenvalue weighted by molar-refractivity contribution is 5.81. The molecule has 2 rings (SSSR count). The van der Waals surface area contributed by atoms with Gasteiger partial charge in [0.25, 0.3) is 0 Å². The number of ether oxygens (including phenoxy) is 1. The summed E-state index contributed by atoms with van der Waals surface area (Å²) in [7, 11) is 1.47. The smallest absolute Gasteiger partial charge is 0.328 e. The molecule has 0 spiro atoms. The van der Waals surface area contributed by atoms with Crippen molar-refractivity contribution in [3.63, 3.8) is 0 Å². The minimum absolute atomic E-state index is 0.0529. The number of anilines is 1. The van der Waals surface area contributed by atoms with E-state index in [1.807, 2.05) is 13.0 Å². The average molecular weight is 275 g/mol. The number of nitrogens with zero attached hydrogens (tertiary/aromatic N) is 1. The van der Waals surface area contributed by atoms with Gasteiger partial charge < -0.3 is 9.64 Å². The third kappa shape index (κ3) is 2.41. The van der Waals surface area contributed by atoms with Gasteiger partial charge in [-0.25, -0.2) is 4.79 Å². The Kier molecular flexibility index (Phi) is 4.07. The Morgan fingerprint density at radius 1 is 1.45 bits per heavy atom. The van der Waals surface area contributed by atoms with Gasteiger partial charge in [-0.1, -0.05) is 32.0 Å². The first-order valence-electron chi connectivity index (χ1n) is 7.38. The predicted molar refractivity (Wildman–Crippen MR) is 82.1 cm³/mol. The molecule has 0 aromatic heterocycles. The molecule has 2 atom stereocenters. The number of fused-ring (bicyclic) bond motifs is 1. The Bertz CT molecular complexity index is 496. The van der Waals surface area contributed by atoms with Gasteiger partial charge in [0.15, 0.2) is 0 Å². The van der Waals surface area contributed by atoms with Crippen molar-refractivity contribution in [1.29, 1.82) is 0 Å². The maximum atomic E-state index is 12.2. The summed E-state index contributed by atoms with van der Waals surface area (Å²) in [5, 5.41) is 0. The van der Waals surface area contributed by atoms with Crippen molar-refractivity contribution in [2.45, 2.75) is 58.0 Å². The van der Waals surface area contributed by atoms with Crippen molar-refractivity contribution in [3.8, 4) is 0 Å². The summed E-state index contributed by atoms with van der Waals surface area (Å²) in [6.07, 6.45) is 1.79. The van der Waals surface area contributed by atoms with Gasteiger partial charge in [-0.3, -0.25) is 0 Å². The van der Waals surface area contributed by atoms with Gasteiger partial charge in [-0.05, 0) is 44.2 Å². The van der Waals surface area contributed by atoms with E-state index >= 15 is 0 Å². The Morgan fingerprint density at radius 3 is 2.70 bits per heavy atom. The molecule has 3 nitrogen and oxygen atoms in total. The van der Waals surface area contributed by atoms with Crippen LogP contribution in [0.4, 0.5) is 5.69 Å². The van der Waals surface area contributed by atoms with Crippen LogP contribution in [0.1, 0.15) is 52.0 Å². The lowest BCUT2D eigenvalue weighted by Gasteiger charge is -2.50. The minimum atomic E-state index is -0.219. The molecule has 1 aromatic carbocycles. The lowest BCUT2D eigenvalue weighted by atomic mass is 9.79. The number of rotatable bonds is 3. The van der Waals surface area contributed by atoms with E-state index in [4.69, 9.17) is 4.74 Å². The highest BCUT2D eigenvalue weighted by Crippen LogP contribution is 2.44. The van der Waals surface area contributed by atoms with Crippen LogP contribution in [0.2, 0.25) is 0 Å². The van der Waals surface area contributed by atoms with E-state index in [0.717, 1.165) is 12.8 Å². The van der Waals surface area contributed by atoms with E-state index in [2.05, 4.69) is 43.9 Å². The summed E-state index contributed by atoms with van der Waals surface area (Å²) in [5.74, 6) is 0.359. The van der Waals surface area contributed by atoms with Crippen molar-refractivity contribution in [1.82, 2.24) is 0 Å². The molecule has 0 N–H and O–H groups in total. The minimum Gasteiger partial charge on any atom is -0.467 e. The number of hydrogen-bond acceptors (Lipinski definition) is 3. The van der Waals surface area contributed by atoms with Crippen LogP contribution in [0.5, 0.6) is 0 Å². The van der Waals surface area contributed by atoms with Gasteiger partial charge in [0.2, 0.25) is 0 Å². The van der Waals surface area contributed by atoms with Crippen molar-refractivity contribution < 1.29 is 9.53 Å². The van der Waals surface area contributed by atoms with E-state index in [-0.39, 0.29) is 17.6 Å². The zero-order valence-corrected chi connectivity index (χ0v) is 13.1. The highest BCUT2D eigenvalue weighted by atomic mass is 16.5. The zero-order valence-electron chi connectivity index (χ0n) is 13.1. The van der Waals surface area contributed by atoms with Crippen LogP contribution < -0.4 is 4.90 Å². The van der Waals surface area contributed by atoms with Crippen LogP contribution >= 0.6 is 0 Å². The summed E-state index contributed by atoms with van der Waals surface area (Å²) < 4.78 is 5.01. The summed E-state index contributed by atoms with van der Waals surface area (Å²) in [6, 6.07) is 8.20. The SMILES string of the molecule is CC[C@@H](C(=O)OC)N1c2ccccc2[C@H](C)CC1(C)C. The van der Waals surface area contributed by atoms with Crippen LogP contribution in [0.25, 0.3) is 0 Å². The molecule has 0 saturated carbocycles. The van der Waals surface area contributed by atoms with Crippen LogP contribution in [-0.4, -0.2) is 24.7 Å². The lowest BCUT2D eigenvalue weighted by molar-refractivity contribution is -0.142. The van der Waals surface area contributed by atoms with Crippen molar-refractivity contribution in [2.24, 2.45) is 0 Å². The molecule has 1 heterocycles. The molecule has 3 heteroatoms. The Hall–Kier alpha value is -1.51. The molecule has 0 saturated heterocycles. The molecule has 110 valence electrons.